The molecule has 0 saturated carbocycles. The zero-order valence-electron chi connectivity index (χ0n) is 17.6. The first kappa shape index (κ1) is 21.7. The van der Waals surface area contributed by atoms with Gasteiger partial charge in [0.05, 0.1) is 5.56 Å². The molecule has 168 valence electrons. The molecule has 10 heteroatoms. The summed E-state index contributed by atoms with van der Waals surface area (Å²) in [6.45, 7) is 3.11. The summed E-state index contributed by atoms with van der Waals surface area (Å²) >= 11 is 0. The summed E-state index contributed by atoms with van der Waals surface area (Å²) in [5, 5.41) is 7.56. The van der Waals surface area contributed by atoms with Crippen molar-refractivity contribution in [3.63, 3.8) is 0 Å². The summed E-state index contributed by atoms with van der Waals surface area (Å²) in [5.74, 6) is 1.49. The molecule has 1 saturated heterocycles. The first-order valence-corrected chi connectivity index (χ1v) is 10.3. The Hall–Kier alpha value is -3.56. The average Bonchev–Trinajstić information content (AvgIpc) is 3.35. The number of halogens is 3. The van der Waals surface area contributed by atoms with Crippen LogP contribution < -0.4 is 10.2 Å². The first-order valence-electron chi connectivity index (χ1n) is 10.3. The SMILES string of the molecule is CN=C(NCc1ccnc(-n2cccn2)c1)N1CCN(c2cccc(C(F)(F)F)c2)CC1. The average molecular weight is 443 g/mol. The molecule has 1 fully saturated rings. The van der Waals surface area contributed by atoms with Gasteiger partial charge in [-0.05, 0) is 42.0 Å². The van der Waals surface area contributed by atoms with Crippen molar-refractivity contribution in [2.75, 3.05) is 38.1 Å². The maximum Gasteiger partial charge on any atom is 0.416 e. The van der Waals surface area contributed by atoms with E-state index in [2.05, 4.69) is 25.3 Å². The molecule has 1 aromatic carbocycles. The summed E-state index contributed by atoms with van der Waals surface area (Å²) in [7, 11) is 1.73. The molecule has 1 aliphatic rings. The lowest BCUT2D eigenvalue weighted by atomic mass is 10.1. The summed E-state index contributed by atoms with van der Waals surface area (Å²) in [5.41, 5.74) is 1.00. The molecule has 3 aromatic rings. The minimum atomic E-state index is -4.34. The molecular formula is C22H24F3N7. The van der Waals surface area contributed by atoms with Crippen molar-refractivity contribution in [2.24, 2.45) is 4.99 Å². The van der Waals surface area contributed by atoms with Crippen molar-refractivity contribution in [1.29, 1.82) is 0 Å². The van der Waals surface area contributed by atoms with Crippen LogP contribution in [0.2, 0.25) is 0 Å². The molecule has 0 amide bonds. The van der Waals surface area contributed by atoms with Gasteiger partial charge in [0.1, 0.15) is 0 Å². The highest BCUT2D eigenvalue weighted by Crippen LogP contribution is 2.31. The monoisotopic (exact) mass is 443 g/mol. The number of aromatic nitrogens is 3. The van der Waals surface area contributed by atoms with E-state index in [0.717, 1.165) is 23.4 Å². The molecule has 0 radical (unpaired) electrons. The standard InChI is InChI=1S/C22H24F3N7/c1-26-21(28-16-17-6-8-27-20(14-17)32-9-3-7-29-32)31-12-10-30(11-13-31)19-5-2-4-18(15-19)22(23,24)25/h2-9,14-15H,10-13,16H2,1H3,(H,26,28). The number of nitrogens with zero attached hydrogens (tertiary/aromatic N) is 6. The number of pyridine rings is 1. The molecule has 1 aliphatic heterocycles. The van der Waals surface area contributed by atoms with E-state index in [1.807, 2.05) is 29.3 Å². The normalized spacial score (nSPS) is 15.2. The highest BCUT2D eigenvalue weighted by molar-refractivity contribution is 5.80. The summed E-state index contributed by atoms with van der Waals surface area (Å²) in [6.07, 6.45) is 0.939. The number of guanidine groups is 1. The van der Waals surface area contributed by atoms with Gasteiger partial charge in [-0.3, -0.25) is 4.99 Å². The number of benzene rings is 1. The molecule has 2 aromatic heterocycles. The van der Waals surface area contributed by atoms with Gasteiger partial charge in [0, 0.05) is 64.0 Å². The Bertz CT molecular complexity index is 1060. The number of hydrogen-bond acceptors (Lipinski definition) is 4. The number of anilines is 1. The molecule has 0 atom stereocenters. The minimum absolute atomic E-state index is 0.567. The third-order valence-electron chi connectivity index (χ3n) is 5.33. The highest BCUT2D eigenvalue weighted by Gasteiger charge is 2.31. The van der Waals surface area contributed by atoms with Gasteiger partial charge < -0.3 is 15.1 Å². The van der Waals surface area contributed by atoms with Crippen molar-refractivity contribution in [3.8, 4) is 5.82 Å². The maximum absolute atomic E-state index is 13.0. The Labute approximate surface area is 184 Å². The quantitative estimate of drug-likeness (QED) is 0.496. The van der Waals surface area contributed by atoms with E-state index in [1.165, 1.54) is 12.1 Å². The Kier molecular flexibility index (Phi) is 6.29. The van der Waals surface area contributed by atoms with Crippen LogP contribution in [0.15, 0.2) is 66.0 Å². The lowest BCUT2D eigenvalue weighted by Crippen LogP contribution is -2.52. The van der Waals surface area contributed by atoms with Gasteiger partial charge in [-0.25, -0.2) is 9.67 Å². The predicted molar refractivity (Wildman–Crippen MR) is 117 cm³/mol. The van der Waals surface area contributed by atoms with Crippen LogP contribution in [0.3, 0.4) is 0 Å². The molecule has 0 aliphatic carbocycles. The van der Waals surface area contributed by atoms with Gasteiger partial charge in [-0.1, -0.05) is 6.07 Å². The van der Waals surface area contributed by atoms with Gasteiger partial charge >= 0.3 is 6.18 Å². The third kappa shape index (κ3) is 5.01. The molecule has 3 heterocycles. The van der Waals surface area contributed by atoms with Crippen molar-refractivity contribution in [2.45, 2.75) is 12.7 Å². The van der Waals surface area contributed by atoms with E-state index in [-0.39, 0.29) is 0 Å². The van der Waals surface area contributed by atoms with Crippen LogP contribution in [-0.2, 0) is 12.7 Å². The van der Waals surface area contributed by atoms with Crippen LogP contribution in [0, 0.1) is 0 Å². The predicted octanol–water partition coefficient (Wildman–Crippen LogP) is 3.18. The smallest absolute Gasteiger partial charge is 0.368 e. The summed E-state index contributed by atoms with van der Waals surface area (Å²) < 4.78 is 40.8. The van der Waals surface area contributed by atoms with Gasteiger partial charge in [0.25, 0.3) is 0 Å². The zero-order chi connectivity index (χ0) is 22.6. The molecule has 0 spiro atoms. The van der Waals surface area contributed by atoms with Gasteiger partial charge in [0.15, 0.2) is 11.8 Å². The summed E-state index contributed by atoms with van der Waals surface area (Å²) in [6, 6.07) is 11.2. The molecule has 0 unspecified atom stereocenters. The maximum atomic E-state index is 13.0. The molecule has 32 heavy (non-hydrogen) atoms. The lowest BCUT2D eigenvalue weighted by molar-refractivity contribution is -0.137. The van der Waals surface area contributed by atoms with Crippen LogP contribution in [0.25, 0.3) is 5.82 Å². The number of rotatable bonds is 4. The van der Waals surface area contributed by atoms with Gasteiger partial charge in [-0.15, -0.1) is 0 Å². The Morgan fingerprint density at radius 3 is 2.56 bits per heavy atom. The molecule has 0 bridgehead atoms. The molecule has 4 rings (SSSR count). The van der Waals surface area contributed by atoms with E-state index < -0.39 is 11.7 Å². The van der Waals surface area contributed by atoms with Crippen molar-refractivity contribution >= 4 is 11.6 Å². The van der Waals surface area contributed by atoms with Gasteiger partial charge in [0.2, 0.25) is 0 Å². The third-order valence-corrected chi connectivity index (χ3v) is 5.33. The molecular weight excluding hydrogens is 419 g/mol. The van der Waals surface area contributed by atoms with Crippen LogP contribution in [0.5, 0.6) is 0 Å². The van der Waals surface area contributed by atoms with Crippen molar-refractivity contribution < 1.29 is 13.2 Å². The molecule has 1 N–H and O–H groups in total. The summed E-state index contributed by atoms with van der Waals surface area (Å²) in [4.78, 5) is 12.8. The van der Waals surface area contributed by atoms with Crippen molar-refractivity contribution in [1.82, 2.24) is 25.0 Å². The Morgan fingerprint density at radius 1 is 1.06 bits per heavy atom. The van der Waals surface area contributed by atoms with Crippen LogP contribution in [-0.4, -0.2) is 58.9 Å². The fraction of sp³-hybridized carbons (Fsp3) is 0.318. The number of alkyl halides is 3. The van der Waals surface area contributed by atoms with E-state index in [1.54, 1.807) is 30.2 Å². The minimum Gasteiger partial charge on any atom is -0.368 e. The fourth-order valence-corrected chi connectivity index (χ4v) is 3.67. The van der Waals surface area contributed by atoms with Gasteiger partial charge in [-0.2, -0.15) is 18.3 Å². The van der Waals surface area contributed by atoms with E-state index in [4.69, 9.17) is 0 Å². The lowest BCUT2D eigenvalue weighted by Gasteiger charge is -2.37. The Morgan fingerprint density at radius 2 is 1.88 bits per heavy atom. The highest BCUT2D eigenvalue weighted by atomic mass is 19.4. The second-order valence-electron chi connectivity index (χ2n) is 7.40. The zero-order valence-corrected chi connectivity index (χ0v) is 17.6. The van der Waals surface area contributed by atoms with Crippen LogP contribution >= 0.6 is 0 Å². The van der Waals surface area contributed by atoms with E-state index in [0.29, 0.717) is 38.4 Å². The second-order valence-corrected chi connectivity index (χ2v) is 7.40. The first-order chi connectivity index (χ1) is 15.4. The number of nitrogens with one attached hydrogen (secondary N) is 1. The molecule has 7 nitrogen and oxygen atoms in total. The van der Waals surface area contributed by atoms with Crippen LogP contribution in [0.4, 0.5) is 18.9 Å². The number of aliphatic imine (C=N–C) groups is 1. The van der Waals surface area contributed by atoms with E-state index in [9.17, 15) is 13.2 Å². The van der Waals surface area contributed by atoms with Crippen molar-refractivity contribution in [3.05, 3.63) is 72.2 Å². The second kappa shape index (κ2) is 9.29. The topological polar surface area (TPSA) is 61.6 Å². The number of hydrogen-bond donors (Lipinski definition) is 1. The largest absolute Gasteiger partial charge is 0.416 e. The van der Waals surface area contributed by atoms with Crippen LogP contribution in [0.1, 0.15) is 11.1 Å². The van der Waals surface area contributed by atoms with E-state index >= 15 is 0 Å². The Balaban J connectivity index is 1.35. The number of piperazine rings is 1. The fourth-order valence-electron chi connectivity index (χ4n) is 3.67.